The molecule has 6 N–H and O–H groups in total. The first-order chi connectivity index (χ1) is 12.5. The van der Waals surface area contributed by atoms with Crippen LogP contribution in [0.4, 0.5) is 4.79 Å². The van der Waals surface area contributed by atoms with E-state index in [1.807, 2.05) is 20.8 Å². The van der Waals surface area contributed by atoms with E-state index in [0.717, 1.165) is 6.42 Å². The van der Waals surface area contributed by atoms with Crippen LogP contribution in [-0.4, -0.2) is 49.6 Å². The molecule has 2 atom stereocenters. The maximum absolute atomic E-state index is 12.6. The smallest absolute Gasteiger partial charge is 0.312 e. The first-order valence-corrected chi connectivity index (χ1v) is 9.82. The van der Waals surface area contributed by atoms with Crippen LogP contribution in [0.1, 0.15) is 60.8 Å². The number of nitrogens with two attached hydrogens (primary N) is 1. The lowest BCUT2D eigenvalue weighted by molar-refractivity contribution is -0.130. The van der Waals surface area contributed by atoms with E-state index in [4.69, 9.17) is 5.73 Å². The predicted octanol–water partition coefficient (Wildman–Crippen LogP) is 1.11. The molecule has 2 unspecified atom stereocenters. The molecule has 27 heavy (non-hydrogen) atoms. The van der Waals surface area contributed by atoms with Crippen molar-refractivity contribution >= 4 is 17.8 Å². The third-order valence-electron chi connectivity index (χ3n) is 4.15. The number of urea groups is 1. The number of nitrogens with one attached hydrogen (secondary N) is 4. The molecule has 8 nitrogen and oxygen atoms in total. The molecule has 0 saturated heterocycles. The van der Waals surface area contributed by atoms with Crippen LogP contribution in [-0.2, 0) is 9.59 Å². The average Bonchev–Trinajstić information content (AvgIpc) is 2.53. The Morgan fingerprint density at radius 2 is 1.63 bits per heavy atom. The fraction of sp³-hybridized carbons (Fsp3) is 0.842. The maximum atomic E-state index is 12.6. The van der Waals surface area contributed by atoms with Crippen molar-refractivity contribution in [3.05, 3.63) is 0 Å². The van der Waals surface area contributed by atoms with Gasteiger partial charge in [-0.2, -0.15) is 0 Å². The molecule has 0 heterocycles. The van der Waals surface area contributed by atoms with Gasteiger partial charge in [0.05, 0.1) is 6.04 Å². The monoisotopic (exact) mass is 385 g/mol. The molecule has 0 rings (SSSR count). The zero-order valence-corrected chi connectivity index (χ0v) is 17.8. The quantitative estimate of drug-likeness (QED) is 0.323. The van der Waals surface area contributed by atoms with E-state index in [1.54, 1.807) is 0 Å². The highest BCUT2D eigenvalue weighted by atomic mass is 16.2. The molecule has 8 heteroatoms. The number of primary amides is 1. The minimum Gasteiger partial charge on any atom is -0.354 e. The first-order valence-electron chi connectivity index (χ1n) is 9.82. The van der Waals surface area contributed by atoms with E-state index in [2.05, 4.69) is 42.0 Å². The molecule has 0 aliphatic carbocycles. The molecule has 0 aliphatic rings. The summed E-state index contributed by atoms with van der Waals surface area (Å²) >= 11 is 0. The number of carbonyl (C=O) groups excluding carboxylic acids is 3. The van der Waals surface area contributed by atoms with Crippen molar-refractivity contribution in [3.8, 4) is 0 Å². The highest BCUT2D eigenvalue weighted by Gasteiger charge is 2.26. The highest BCUT2D eigenvalue weighted by Crippen LogP contribution is 2.17. The van der Waals surface area contributed by atoms with E-state index in [-0.39, 0.29) is 29.2 Å². The molecule has 0 aromatic heterocycles. The van der Waals surface area contributed by atoms with Crippen LogP contribution in [0, 0.1) is 11.3 Å². The van der Waals surface area contributed by atoms with Gasteiger partial charge in [-0.15, -0.1) is 0 Å². The fourth-order valence-electron chi connectivity index (χ4n) is 2.58. The van der Waals surface area contributed by atoms with Crippen molar-refractivity contribution in [1.29, 1.82) is 0 Å². The van der Waals surface area contributed by atoms with Gasteiger partial charge in [0.1, 0.15) is 6.04 Å². The zero-order chi connectivity index (χ0) is 21.0. The largest absolute Gasteiger partial charge is 0.354 e. The molecule has 0 radical (unpaired) electrons. The predicted molar refractivity (Wildman–Crippen MR) is 108 cm³/mol. The van der Waals surface area contributed by atoms with E-state index in [0.29, 0.717) is 32.5 Å². The van der Waals surface area contributed by atoms with E-state index in [9.17, 15) is 14.4 Å². The number of carbonyl (C=O) groups is 3. The fourth-order valence-corrected chi connectivity index (χ4v) is 2.58. The normalized spacial score (nSPS) is 13.7. The topological polar surface area (TPSA) is 125 Å². The Kier molecular flexibility index (Phi) is 11.7. The first kappa shape index (κ1) is 25.2. The third-order valence-corrected chi connectivity index (χ3v) is 4.15. The van der Waals surface area contributed by atoms with Crippen LogP contribution in [0.2, 0.25) is 0 Å². The van der Waals surface area contributed by atoms with Crippen molar-refractivity contribution in [1.82, 2.24) is 21.3 Å². The van der Waals surface area contributed by atoms with Crippen LogP contribution in [0.25, 0.3) is 0 Å². The second-order valence-electron chi connectivity index (χ2n) is 8.38. The van der Waals surface area contributed by atoms with Gasteiger partial charge in [-0.05, 0) is 37.1 Å². The summed E-state index contributed by atoms with van der Waals surface area (Å²) in [6, 6.07) is -1.60. The van der Waals surface area contributed by atoms with Gasteiger partial charge in [0.15, 0.2) is 0 Å². The summed E-state index contributed by atoms with van der Waals surface area (Å²) in [6.45, 7) is 13.8. The van der Waals surface area contributed by atoms with Crippen LogP contribution >= 0.6 is 0 Å². The lowest BCUT2D eigenvalue weighted by Gasteiger charge is -2.25. The van der Waals surface area contributed by atoms with Crippen molar-refractivity contribution in [2.75, 3.05) is 19.6 Å². The van der Waals surface area contributed by atoms with Gasteiger partial charge >= 0.3 is 6.03 Å². The van der Waals surface area contributed by atoms with Gasteiger partial charge in [-0.25, -0.2) is 4.79 Å². The van der Waals surface area contributed by atoms with Crippen LogP contribution < -0.4 is 27.0 Å². The van der Waals surface area contributed by atoms with Gasteiger partial charge < -0.3 is 27.0 Å². The van der Waals surface area contributed by atoms with Crippen molar-refractivity contribution in [3.63, 3.8) is 0 Å². The Labute approximate surface area is 163 Å². The molecular weight excluding hydrogens is 346 g/mol. The van der Waals surface area contributed by atoms with Crippen molar-refractivity contribution < 1.29 is 14.4 Å². The summed E-state index contributed by atoms with van der Waals surface area (Å²) in [7, 11) is 0. The molecule has 0 aromatic rings. The lowest BCUT2D eigenvalue weighted by atomic mass is 9.92. The summed E-state index contributed by atoms with van der Waals surface area (Å²) in [5.74, 6) is -0.289. The minimum absolute atomic E-state index is 0.103. The summed E-state index contributed by atoms with van der Waals surface area (Å²) in [6.07, 6.45) is 1.80. The number of rotatable bonds is 12. The Morgan fingerprint density at radius 1 is 1.00 bits per heavy atom. The zero-order valence-electron chi connectivity index (χ0n) is 17.8. The van der Waals surface area contributed by atoms with Crippen molar-refractivity contribution in [2.45, 2.75) is 72.9 Å². The van der Waals surface area contributed by atoms with Gasteiger partial charge in [0, 0.05) is 13.1 Å². The SMILES string of the molecule is CCNC(C(=O)NC(CCCNC(N)=O)C(=O)NCCC(C)(C)C)C(C)C. The average molecular weight is 386 g/mol. The van der Waals surface area contributed by atoms with Gasteiger partial charge in [-0.1, -0.05) is 41.5 Å². The number of likely N-dealkylation sites (N-methyl/N-ethyl adjacent to an activating group) is 1. The summed E-state index contributed by atoms with van der Waals surface area (Å²) in [5.41, 5.74) is 5.17. The second-order valence-corrected chi connectivity index (χ2v) is 8.38. The Balaban J connectivity index is 4.86. The van der Waals surface area contributed by atoms with E-state index >= 15 is 0 Å². The third kappa shape index (κ3) is 12.2. The molecule has 0 bridgehead atoms. The lowest BCUT2D eigenvalue weighted by Crippen LogP contribution is -2.54. The minimum atomic E-state index is -0.646. The second kappa shape index (κ2) is 12.5. The molecule has 0 spiro atoms. The Bertz CT molecular complexity index is 474. The number of hydrogen-bond acceptors (Lipinski definition) is 4. The molecule has 0 aliphatic heterocycles. The van der Waals surface area contributed by atoms with E-state index in [1.165, 1.54) is 0 Å². The molecule has 0 aromatic carbocycles. The molecule has 0 fully saturated rings. The molecule has 4 amide bonds. The standard InChI is InChI=1S/C19H39N5O3/c1-7-21-15(13(2)3)17(26)24-14(9-8-11-23-18(20)27)16(25)22-12-10-19(4,5)6/h13-15,21H,7-12H2,1-6H3,(H,22,25)(H,24,26)(H3,20,23,27). The summed E-state index contributed by atoms with van der Waals surface area (Å²) in [5, 5.41) is 11.4. The van der Waals surface area contributed by atoms with Crippen LogP contribution in [0.3, 0.4) is 0 Å². The summed E-state index contributed by atoms with van der Waals surface area (Å²) < 4.78 is 0. The summed E-state index contributed by atoms with van der Waals surface area (Å²) in [4.78, 5) is 36.0. The van der Waals surface area contributed by atoms with E-state index < -0.39 is 12.1 Å². The van der Waals surface area contributed by atoms with Crippen LogP contribution in [0.15, 0.2) is 0 Å². The van der Waals surface area contributed by atoms with Gasteiger partial charge in [0.25, 0.3) is 0 Å². The molecule has 0 saturated carbocycles. The number of amides is 4. The highest BCUT2D eigenvalue weighted by molar-refractivity contribution is 5.89. The number of hydrogen-bond donors (Lipinski definition) is 5. The maximum Gasteiger partial charge on any atom is 0.312 e. The Morgan fingerprint density at radius 3 is 2.11 bits per heavy atom. The molecule has 158 valence electrons. The Hall–Kier alpha value is -1.83. The van der Waals surface area contributed by atoms with Gasteiger partial charge in [-0.3, -0.25) is 9.59 Å². The van der Waals surface area contributed by atoms with Gasteiger partial charge in [0.2, 0.25) is 11.8 Å². The van der Waals surface area contributed by atoms with Crippen molar-refractivity contribution in [2.24, 2.45) is 17.1 Å². The molecular formula is C19H39N5O3. The van der Waals surface area contributed by atoms with Crippen LogP contribution in [0.5, 0.6) is 0 Å².